The third-order valence-electron chi connectivity index (χ3n) is 2.87. The molecular formula is C12H15N3O2. The first-order valence-electron chi connectivity index (χ1n) is 5.49. The molecular weight excluding hydrogens is 218 g/mol. The van der Waals surface area contributed by atoms with Gasteiger partial charge in [-0.15, -0.1) is 0 Å². The molecule has 0 aliphatic rings. The number of hydrogen-bond acceptors (Lipinski definition) is 3. The smallest absolute Gasteiger partial charge is 0.306 e. The van der Waals surface area contributed by atoms with E-state index >= 15 is 0 Å². The summed E-state index contributed by atoms with van der Waals surface area (Å²) in [4.78, 5) is 19.4. The normalized spacial score (nSPS) is 12.9. The third-order valence-corrected chi connectivity index (χ3v) is 2.87. The van der Waals surface area contributed by atoms with E-state index in [2.05, 4.69) is 9.97 Å². The molecule has 0 aromatic carbocycles. The van der Waals surface area contributed by atoms with Crippen LogP contribution in [0.2, 0.25) is 0 Å². The second kappa shape index (κ2) is 4.16. The molecule has 5 heteroatoms. The van der Waals surface area contributed by atoms with Crippen molar-refractivity contribution in [2.45, 2.75) is 20.3 Å². The van der Waals surface area contributed by atoms with Crippen LogP contribution in [0.3, 0.4) is 0 Å². The molecule has 1 N–H and O–H groups in total. The van der Waals surface area contributed by atoms with E-state index in [-0.39, 0.29) is 0 Å². The standard InChI is InChI=1S/C12H15N3O2/c1-7(12(16)17)4-9-6-15(3)11-10(9)5-13-8(2)14-11/h5-7H,4H2,1-3H3,(H,16,17). The van der Waals surface area contributed by atoms with E-state index in [1.165, 1.54) is 0 Å². The maximum Gasteiger partial charge on any atom is 0.306 e. The summed E-state index contributed by atoms with van der Waals surface area (Å²) < 4.78 is 1.91. The molecule has 2 aromatic rings. The summed E-state index contributed by atoms with van der Waals surface area (Å²) in [5.41, 5.74) is 1.84. The highest BCUT2D eigenvalue weighted by molar-refractivity contribution is 5.80. The van der Waals surface area contributed by atoms with Crippen molar-refractivity contribution in [1.29, 1.82) is 0 Å². The van der Waals surface area contributed by atoms with Crippen molar-refractivity contribution in [3.63, 3.8) is 0 Å². The first-order chi connectivity index (χ1) is 7.99. The van der Waals surface area contributed by atoms with Gasteiger partial charge in [0.05, 0.1) is 5.92 Å². The molecule has 0 aliphatic heterocycles. The molecule has 90 valence electrons. The minimum Gasteiger partial charge on any atom is -0.481 e. The number of carboxylic acid groups (broad SMARTS) is 1. The van der Waals surface area contributed by atoms with Crippen LogP contribution in [-0.2, 0) is 18.3 Å². The fourth-order valence-corrected chi connectivity index (χ4v) is 1.90. The van der Waals surface area contributed by atoms with Gasteiger partial charge in [-0.25, -0.2) is 9.97 Å². The van der Waals surface area contributed by atoms with E-state index in [1.54, 1.807) is 13.1 Å². The molecule has 0 bridgehead atoms. The molecule has 17 heavy (non-hydrogen) atoms. The van der Waals surface area contributed by atoms with E-state index in [1.807, 2.05) is 24.7 Å². The molecule has 0 amide bonds. The van der Waals surface area contributed by atoms with Crippen LogP contribution in [0.4, 0.5) is 0 Å². The van der Waals surface area contributed by atoms with Gasteiger partial charge in [-0.3, -0.25) is 4.79 Å². The topological polar surface area (TPSA) is 68.0 Å². The van der Waals surface area contributed by atoms with Crippen LogP contribution < -0.4 is 0 Å². The van der Waals surface area contributed by atoms with Crippen molar-refractivity contribution in [2.24, 2.45) is 13.0 Å². The largest absolute Gasteiger partial charge is 0.481 e. The quantitative estimate of drug-likeness (QED) is 0.873. The van der Waals surface area contributed by atoms with Crippen molar-refractivity contribution < 1.29 is 9.90 Å². The zero-order valence-corrected chi connectivity index (χ0v) is 10.1. The molecule has 5 nitrogen and oxygen atoms in total. The molecule has 0 aliphatic carbocycles. The fraction of sp³-hybridized carbons (Fsp3) is 0.417. The number of aliphatic carboxylic acids is 1. The predicted octanol–water partition coefficient (Wildman–Crippen LogP) is 1.54. The summed E-state index contributed by atoms with van der Waals surface area (Å²) in [6.45, 7) is 3.54. The number of carboxylic acids is 1. The molecule has 2 rings (SSSR count). The summed E-state index contributed by atoms with van der Waals surface area (Å²) in [5.74, 6) is -0.464. The maximum atomic E-state index is 10.9. The summed E-state index contributed by atoms with van der Waals surface area (Å²) >= 11 is 0. The van der Waals surface area contributed by atoms with E-state index in [0.29, 0.717) is 6.42 Å². The highest BCUT2D eigenvalue weighted by Crippen LogP contribution is 2.21. The minimum absolute atomic E-state index is 0.401. The lowest BCUT2D eigenvalue weighted by Gasteiger charge is -2.03. The summed E-state index contributed by atoms with van der Waals surface area (Å²) in [5, 5.41) is 9.86. The molecule has 2 aromatic heterocycles. The number of carbonyl (C=O) groups is 1. The Balaban J connectivity index is 2.45. The van der Waals surface area contributed by atoms with Gasteiger partial charge in [0.15, 0.2) is 0 Å². The highest BCUT2D eigenvalue weighted by atomic mass is 16.4. The Kier molecular flexibility index (Phi) is 2.83. The molecule has 0 spiro atoms. The number of aryl methyl sites for hydroxylation is 2. The molecule has 1 atom stereocenters. The van der Waals surface area contributed by atoms with Crippen LogP contribution in [0.15, 0.2) is 12.4 Å². The van der Waals surface area contributed by atoms with Crippen molar-refractivity contribution >= 4 is 17.0 Å². The Hall–Kier alpha value is -1.91. The van der Waals surface area contributed by atoms with Gasteiger partial charge in [-0.1, -0.05) is 6.92 Å². The number of nitrogens with zero attached hydrogens (tertiary/aromatic N) is 3. The van der Waals surface area contributed by atoms with Gasteiger partial charge in [0, 0.05) is 24.8 Å². The Morgan fingerprint density at radius 1 is 1.59 bits per heavy atom. The number of fused-ring (bicyclic) bond motifs is 1. The van der Waals surface area contributed by atoms with E-state index in [4.69, 9.17) is 5.11 Å². The third kappa shape index (κ3) is 2.13. The van der Waals surface area contributed by atoms with Gasteiger partial charge in [0.25, 0.3) is 0 Å². The fourth-order valence-electron chi connectivity index (χ4n) is 1.90. The van der Waals surface area contributed by atoms with Gasteiger partial charge >= 0.3 is 5.97 Å². The van der Waals surface area contributed by atoms with Crippen molar-refractivity contribution in [3.05, 3.63) is 23.8 Å². The van der Waals surface area contributed by atoms with Crippen LogP contribution in [0.25, 0.3) is 11.0 Å². The van der Waals surface area contributed by atoms with Crippen molar-refractivity contribution in [2.75, 3.05) is 0 Å². The zero-order valence-electron chi connectivity index (χ0n) is 10.1. The summed E-state index contributed by atoms with van der Waals surface area (Å²) in [6.07, 6.45) is 4.19. The zero-order chi connectivity index (χ0) is 12.6. The summed E-state index contributed by atoms with van der Waals surface area (Å²) in [6, 6.07) is 0. The van der Waals surface area contributed by atoms with Crippen LogP contribution >= 0.6 is 0 Å². The van der Waals surface area contributed by atoms with Gasteiger partial charge in [0.1, 0.15) is 11.5 Å². The van der Waals surface area contributed by atoms with E-state index in [9.17, 15) is 4.79 Å². The average Bonchev–Trinajstić information content (AvgIpc) is 2.55. The van der Waals surface area contributed by atoms with E-state index in [0.717, 1.165) is 22.4 Å². The molecule has 0 radical (unpaired) electrons. The van der Waals surface area contributed by atoms with Crippen LogP contribution in [0.5, 0.6) is 0 Å². The second-order valence-corrected chi connectivity index (χ2v) is 4.36. The summed E-state index contributed by atoms with van der Waals surface area (Å²) in [7, 11) is 1.91. The lowest BCUT2D eigenvalue weighted by Crippen LogP contribution is -2.12. The minimum atomic E-state index is -0.782. The van der Waals surface area contributed by atoms with Gasteiger partial charge < -0.3 is 9.67 Å². The van der Waals surface area contributed by atoms with Crippen LogP contribution in [-0.4, -0.2) is 25.6 Å². The molecule has 2 heterocycles. The Morgan fingerprint density at radius 2 is 2.29 bits per heavy atom. The van der Waals surface area contributed by atoms with Crippen LogP contribution in [0, 0.1) is 12.8 Å². The SMILES string of the molecule is Cc1ncc2c(CC(C)C(=O)O)cn(C)c2n1. The maximum absolute atomic E-state index is 10.9. The first kappa shape index (κ1) is 11.6. The van der Waals surface area contributed by atoms with Gasteiger partial charge in [0.2, 0.25) is 0 Å². The number of hydrogen-bond donors (Lipinski definition) is 1. The number of rotatable bonds is 3. The predicted molar refractivity (Wildman–Crippen MR) is 63.7 cm³/mol. The van der Waals surface area contributed by atoms with Crippen LogP contribution in [0.1, 0.15) is 18.3 Å². The molecule has 1 unspecified atom stereocenters. The Bertz CT molecular complexity index is 574. The highest BCUT2D eigenvalue weighted by Gasteiger charge is 2.16. The van der Waals surface area contributed by atoms with E-state index < -0.39 is 11.9 Å². The van der Waals surface area contributed by atoms with Crippen molar-refractivity contribution in [3.8, 4) is 0 Å². The Morgan fingerprint density at radius 3 is 2.94 bits per heavy atom. The lowest BCUT2D eigenvalue weighted by molar-refractivity contribution is -0.141. The van der Waals surface area contributed by atoms with Gasteiger partial charge in [-0.05, 0) is 18.9 Å². The second-order valence-electron chi connectivity index (χ2n) is 4.36. The van der Waals surface area contributed by atoms with Crippen molar-refractivity contribution in [1.82, 2.24) is 14.5 Å². The molecule has 0 saturated carbocycles. The lowest BCUT2D eigenvalue weighted by atomic mass is 10.0. The monoisotopic (exact) mass is 233 g/mol. The number of aromatic nitrogens is 3. The molecule has 0 saturated heterocycles. The average molecular weight is 233 g/mol. The first-order valence-corrected chi connectivity index (χ1v) is 5.49. The molecule has 0 fully saturated rings. The van der Waals surface area contributed by atoms with Gasteiger partial charge in [-0.2, -0.15) is 0 Å². The Labute approximate surface area is 99.1 Å².